The molecule has 5 heteroatoms. The van der Waals surface area contributed by atoms with Crippen LogP contribution in [0.1, 0.15) is 11.6 Å². The van der Waals surface area contributed by atoms with Gasteiger partial charge in [0.15, 0.2) is 0 Å². The third-order valence-corrected chi connectivity index (χ3v) is 2.61. The summed E-state index contributed by atoms with van der Waals surface area (Å²) in [7, 11) is 0. The van der Waals surface area contributed by atoms with Crippen molar-refractivity contribution >= 4 is 22.6 Å². The number of benzene rings is 1. The zero-order valence-corrected chi connectivity index (χ0v) is 9.41. The van der Waals surface area contributed by atoms with E-state index in [2.05, 4.69) is 22.6 Å². The average Bonchev–Trinajstić information content (AvgIpc) is 2.18. The fourth-order valence-electron chi connectivity index (χ4n) is 1.01. The van der Waals surface area contributed by atoms with Gasteiger partial charge < -0.3 is 10.8 Å². The van der Waals surface area contributed by atoms with Gasteiger partial charge in [-0.25, -0.2) is 8.78 Å². The summed E-state index contributed by atoms with van der Waals surface area (Å²) in [6.45, 7) is -1.24. The maximum atomic E-state index is 13.0. The molecule has 1 atom stereocenters. The predicted octanol–water partition coefficient (Wildman–Crippen LogP) is 1.92. The van der Waals surface area contributed by atoms with Crippen molar-refractivity contribution in [1.29, 1.82) is 0 Å². The minimum absolute atomic E-state index is 0.324. The molecule has 0 aliphatic rings. The van der Waals surface area contributed by atoms with Crippen LogP contribution in [0.15, 0.2) is 24.3 Å². The van der Waals surface area contributed by atoms with Gasteiger partial charge >= 0.3 is 0 Å². The number of rotatable bonds is 3. The van der Waals surface area contributed by atoms with Gasteiger partial charge in [-0.2, -0.15) is 0 Å². The van der Waals surface area contributed by atoms with Crippen LogP contribution in [-0.4, -0.2) is 17.6 Å². The van der Waals surface area contributed by atoms with E-state index in [4.69, 9.17) is 10.8 Å². The molecular weight excluding hydrogens is 303 g/mol. The molecule has 0 aliphatic heterocycles. The lowest BCUT2D eigenvalue weighted by atomic mass is 10.0. The summed E-state index contributed by atoms with van der Waals surface area (Å²) in [6, 6.07) is 5.02. The summed E-state index contributed by atoms with van der Waals surface area (Å²) >= 11 is 2.07. The molecule has 1 aromatic carbocycles. The molecule has 0 bridgehead atoms. The number of alkyl halides is 2. The van der Waals surface area contributed by atoms with Crippen molar-refractivity contribution in [2.75, 3.05) is 6.61 Å². The van der Waals surface area contributed by atoms with Crippen molar-refractivity contribution in [2.45, 2.75) is 12.0 Å². The first kappa shape index (κ1) is 11.8. The van der Waals surface area contributed by atoms with Gasteiger partial charge in [-0.05, 0) is 40.3 Å². The summed E-state index contributed by atoms with van der Waals surface area (Å²) in [5, 5.41) is 8.45. The van der Waals surface area contributed by atoms with Gasteiger partial charge in [0, 0.05) is 3.57 Å². The number of nitrogens with two attached hydrogens (primary N) is 1. The largest absolute Gasteiger partial charge is 0.390 e. The first-order chi connectivity index (χ1) is 6.47. The van der Waals surface area contributed by atoms with Crippen molar-refractivity contribution < 1.29 is 13.9 Å². The van der Waals surface area contributed by atoms with E-state index in [9.17, 15) is 8.78 Å². The van der Waals surface area contributed by atoms with E-state index in [-0.39, 0.29) is 0 Å². The van der Waals surface area contributed by atoms with Gasteiger partial charge in [-0.15, -0.1) is 0 Å². The maximum absolute atomic E-state index is 13.0. The minimum atomic E-state index is -3.27. The van der Waals surface area contributed by atoms with Crippen LogP contribution in [0.5, 0.6) is 0 Å². The molecule has 1 aromatic rings. The maximum Gasteiger partial charge on any atom is 0.289 e. The van der Waals surface area contributed by atoms with Gasteiger partial charge in [0.05, 0.1) is 6.04 Å². The number of aliphatic hydroxyl groups excluding tert-OH is 1. The third-order valence-electron chi connectivity index (χ3n) is 1.89. The van der Waals surface area contributed by atoms with Crippen LogP contribution in [-0.2, 0) is 0 Å². The molecule has 0 fully saturated rings. The quantitative estimate of drug-likeness (QED) is 0.838. The summed E-state index contributed by atoms with van der Waals surface area (Å²) < 4.78 is 26.9. The summed E-state index contributed by atoms with van der Waals surface area (Å²) in [5.41, 5.74) is 5.64. The van der Waals surface area contributed by atoms with Crippen LogP contribution in [0.25, 0.3) is 0 Å². The molecule has 0 aromatic heterocycles. The topological polar surface area (TPSA) is 46.2 Å². The first-order valence-electron chi connectivity index (χ1n) is 3.97. The molecule has 0 saturated carbocycles. The number of hydrogen-bond donors (Lipinski definition) is 2. The molecule has 3 N–H and O–H groups in total. The minimum Gasteiger partial charge on any atom is -0.390 e. The fraction of sp³-hybridized carbons (Fsp3) is 0.333. The van der Waals surface area contributed by atoms with Crippen molar-refractivity contribution in [3.63, 3.8) is 0 Å². The van der Waals surface area contributed by atoms with Gasteiger partial charge in [-0.1, -0.05) is 12.1 Å². The van der Waals surface area contributed by atoms with E-state index in [1.165, 1.54) is 12.1 Å². The zero-order valence-electron chi connectivity index (χ0n) is 7.25. The van der Waals surface area contributed by atoms with Crippen LogP contribution < -0.4 is 5.73 Å². The Morgan fingerprint density at radius 1 is 1.36 bits per heavy atom. The van der Waals surface area contributed by atoms with Crippen molar-refractivity contribution in [3.05, 3.63) is 33.4 Å². The van der Waals surface area contributed by atoms with Gasteiger partial charge in [0.1, 0.15) is 6.61 Å². The van der Waals surface area contributed by atoms with Gasteiger partial charge in [0.2, 0.25) is 0 Å². The van der Waals surface area contributed by atoms with Crippen LogP contribution >= 0.6 is 22.6 Å². The average molecular weight is 313 g/mol. The Morgan fingerprint density at radius 3 is 2.29 bits per heavy atom. The van der Waals surface area contributed by atoms with Crippen molar-refractivity contribution in [3.8, 4) is 0 Å². The lowest BCUT2D eigenvalue weighted by molar-refractivity contribution is -0.0711. The standard InChI is InChI=1S/C9H10F2INO/c10-9(11,5-14)8(13)6-1-3-7(12)4-2-6/h1-4,8,14H,5,13H2/t8-/m1/s1. The third kappa shape index (κ3) is 2.61. The molecule has 0 amide bonds. The van der Waals surface area contributed by atoms with Gasteiger partial charge in [0.25, 0.3) is 5.92 Å². The highest BCUT2D eigenvalue weighted by Crippen LogP contribution is 2.28. The van der Waals surface area contributed by atoms with Crippen LogP contribution in [0.3, 0.4) is 0 Å². The Labute approximate surface area is 94.3 Å². The van der Waals surface area contributed by atoms with Gasteiger partial charge in [-0.3, -0.25) is 0 Å². The first-order valence-corrected chi connectivity index (χ1v) is 5.05. The number of hydrogen-bond acceptors (Lipinski definition) is 2. The fourth-order valence-corrected chi connectivity index (χ4v) is 1.37. The monoisotopic (exact) mass is 313 g/mol. The van der Waals surface area contributed by atoms with E-state index in [0.717, 1.165) is 3.57 Å². The molecule has 2 nitrogen and oxygen atoms in total. The lowest BCUT2D eigenvalue weighted by Gasteiger charge is -2.21. The normalized spacial score (nSPS) is 14.1. The summed E-state index contributed by atoms with van der Waals surface area (Å²) in [5.74, 6) is -3.27. The predicted molar refractivity (Wildman–Crippen MR) is 58.1 cm³/mol. The van der Waals surface area contributed by atoms with E-state index in [0.29, 0.717) is 5.56 Å². The highest BCUT2D eigenvalue weighted by Gasteiger charge is 2.37. The Hall–Kier alpha value is -0.270. The van der Waals surface area contributed by atoms with E-state index >= 15 is 0 Å². The molecule has 0 aliphatic carbocycles. The zero-order chi connectivity index (χ0) is 10.8. The Kier molecular flexibility index (Phi) is 3.79. The second-order valence-corrected chi connectivity index (χ2v) is 4.19. The van der Waals surface area contributed by atoms with Crippen LogP contribution in [0.4, 0.5) is 8.78 Å². The smallest absolute Gasteiger partial charge is 0.289 e. The van der Waals surface area contributed by atoms with E-state index in [1.807, 2.05) is 0 Å². The Morgan fingerprint density at radius 2 is 1.86 bits per heavy atom. The second-order valence-electron chi connectivity index (χ2n) is 2.95. The van der Waals surface area contributed by atoms with Crippen LogP contribution in [0.2, 0.25) is 0 Å². The SMILES string of the molecule is N[C@H](c1ccc(I)cc1)C(F)(F)CO. The van der Waals surface area contributed by atoms with Crippen molar-refractivity contribution in [1.82, 2.24) is 0 Å². The molecule has 14 heavy (non-hydrogen) atoms. The molecule has 0 spiro atoms. The van der Waals surface area contributed by atoms with Crippen LogP contribution in [0, 0.1) is 3.57 Å². The summed E-state index contributed by atoms with van der Waals surface area (Å²) in [4.78, 5) is 0. The lowest BCUT2D eigenvalue weighted by Crippen LogP contribution is -2.36. The highest BCUT2D eigenvalue weighted by molar-refractivity contribution is 14.1. The molecule has 0 heterocycles. The second kappa shape index (κ2) is 4.50. The van der Waals surface area contributed by atoms with Crippen molar-refractivity contribution in [2.24, 2.45) is 5.73 Å². The molecule has 0 saturated heterocycles. The molecular formula is C9H10F2INO. The molecule has 0 radical (unpaired) electrons. The molecule has 78 valence electrons. The molecule has 0 unspecified atom stereocenters. The Balaban J connectivity index is 2.89. The molecule has 1 rings (SSSR count). The summed E-state index contributed by atoms with van der Waals surface area (Å²) in [6.07, 6.45) is 0. The van der Waals surface area contributed by atoms with E-state index < -0.39 is 18.6 Å². The number of aliphatic hydroxyl groups is 1. The Bertz CT molecular complexity index is 302. The van der Waals surface area contributed by atoms with E-state index in [1.54, 1.807) is 12.1 Å². The number of halogens is 3. The highest BCUT2D eigenvalue weighted by atomic mass is 127.